The van der Waals surface area contributed by atoms with E-state index in [-0.39, 0.29) is 30.8 Å². The fourth-order valence-corrected chi connectivity index (χ4v) is 3.75. The van der Waals surface area contributed by atoms with E-state index in [1.54, 1.807) is 4.90 Å². The SMILES string of the molecule is CC(C)N1CCCCC1C(=O)N1CCC(C(O)C(F)(F)F)CC1. The molecule has 1 amide bonds. The third-order valence-corrected chi connectivity index (χ3v) is 5.13. The Labute approximate surface area is 135 Å². The Bertz CT molecular complexity index is 407. The fourth-order valence-electron chi connectivity index (χ4n) is 3.75. The molecule has 0 bridgehead atoms. The number of carbonyl (C=O) groups is 1. The Hall–Kier alpha value is -0.820. The van der Waals surface area contributed by atoms with Gasteiger partial charge in [0.05, 0.1) is 6.04 Å². The minimum atomic E-state index is -4.57. The van der Waals surface area contributed by atoms with E-state index in [1.807, 2.05) is 0 Å². The molecule has 2 aliphatic rings. The van der Waals surface area contributed by atoms with Gasteiger partial charge in [0.2, 0.25) is 5.91 Å². The smallest absolute Gasteiger partial charge is 0.383 e. The number of nitrogens with zero attached hydrogens (tertiary/aromatic N) is 2. The van der Waals surface area contributed by atoms with Gasteiger partial charge in [0.25, 0.3) is 0 Å². The van der Waals surface area contributed by atoms with Gasteiger partial charge in [-0.15, -0.1) is 0 Å². The molecule has 23 heavy (non-hydrogen) atoms. The summed E-state index contributed by atoms with van der Waals surface area (Å²) in [4.78, 5) is 16.6. The molecule has 4 nitrogen and oxygen atoms in total. The highest BCUT2D eigenvalue weighted by molar-refractivity contribution is 5.82. The van der Waals surface area contributed by atoms with Crippen LogP contribution in [0.5, 0.6) is 0 Å². The van der Waals surface area contributed by atoms with Crippen LogP contribution in [0.4, 0.5) is 13.2 Å². The number of piperidine rings is 2. The summed E-state index contributed by atoms with van der Waals surface area (Å²) in [6.45, 7) is 5.64. The van der Waals surface area contributed by atoms with E-state index in [0.717, 1.165) is 25.8 Å². The van der Waals surface area contributed by atoms with Crippen LogP contribution in [0.15, 0.2) is 0 Å². The van der Waals surface area contributed by atoms with E-state index in [9.17, 15) is 23.1 Å². The molecule has 2 saturated heterocycles. The lowest BCUT2D eigenvalue weighted by Gasteiger charge is -2.42. The molecule has 7 heteroatoms. The molecule has 0 radical (unpaired) electrons. The van der Waals surface area contributed by atoms with Crippen molar-refractivity contribution in [1.82, 2.24) is 9.80 Å². The van der Waals surface area contributed by atoms with Crippen LogP contribution < -0.4 is 0 Å². The van der Waals surface area contributed by atoms with Crippen molar-refractivity contribution in [1.29, 1.82) is 0 Å². The maximum absolute atomic E-state index is 12.7. The highest BCUT2D eigenvalue weighted by Crippen LogP contribution is 2.32. The van der Waals surface area contributed by atoms with Crippen molar-refractivity contribution < 1.29 is 23.1 Å². The van der Waals surface area contributed by atoms with E-state index >= 15 is 0 Å². The lowest BCUT2D eigenvalue weighted by molar-refractivity contribution is -0.223. The van der Waals surface area contributed by atoms with Crippen molar-refractivity contribution in [3.63, 3.8) is 0 Å². The Morgan fingerprint density at radius 2 is 1.70 bits per heavy atom. The number of rotatable bonds is 3. The average Bonchev–Trinajstić information content (AvgIpc) is 2.52. The normalized spacial score (nSPS) is 26.6. The third kappa shape index (κ3) is 4.38. The molecule has 0 spiro atoms. The van der Waals surface area contributed by atoms with E-state index in [4.69, 9.17) is 0 Å². The molecule has 2 unspecified atom stereocenters. The fraction of sp³-hybridized carbons (Fsp3) is 0.938. The van der Waals surface area contributed by atoms with E-state index < -0.39 is 18.2 Å². The molecule has 0 aromatic rings. The van der Waals surface area contributed by atoms with Gasteiger partial charge < -0.3 is 10.0 Å². The molecular weight excluding hydrogens is 309 g/mol. The van der Waals surface area contributed by atoms with Gasteiger partial charge in [0.15, 0.2) is 6.10 Å². The summed E-state index contributed by atoms with van der Waals surface area (Å²) in [5.74, 6) is -0.759. The first-order valence-electron chi connectivity index (χ1n) is 8.51. The standard InChI is InChI=1S/C16H27F3N2O2/c1-11(2)21-8-4-3-5-13(21)15(23)20-9-6-12(7-10-20)14(22)16(17,18)19/h11-14,22H,3-10H2,1-2H3. The van der Waals surface area contributed by atoms with Crippen molar-refractivity contribution in [3.8, 4) is 0 Å². The molecule has 2 atom stereocenters. The molecule has 1 N–H and O–H groups in total. The average molecular weight is 336 g/mol. The van der Waals surface area contributed by atoms with Crippen LogP contribution in [0.25, 0.3) is 0 Å². The third-order valence-electron chi connectivity index (χ3n) is 5.13. The topological polar surface area (TPSA) is 43.8 Å². The molecule has 2 heterocycles. The van der Waals surface area contributed by atoms with Crippen molar-refractivity contribution in [2.45, 2.75) is 70.3 Å². The molecule has 0 aromatic heterocycles. The number of carbonyl (C=O) groups excluding carboxylic acids is 1. The quantitative estimate of drug-likeness (QED) is 0.861. The highest BCUT2D eigenvalue weighted by Gasteiger charge is 2.45. The molecule has 2 fully saturated rings. The molecule has 2 rings (SSSR count). The molecule has 134 valence electrons. The Kier molecular flexibility index (Phi) is 5.94. The molecule has 0 aliphatic carbocycles. The predicted octanol–water partition coefficient (Wildman–Crippen LogP) is 2.41. The zero-order valence-electron chi connectivity index (χ0n) is 13.9. The first kappa shape index (κ1) is 18.5. The summed E-state index contributed by atoms with van der Waals surface area (Å²) in [6, 6.07) is 0.140. The minimum absolute atomic E-state index is 0.0401. The van der Waals surface area contributed by atoms with E-state index in [2.05, 4.69) is 18.7 Å². The van der Waals surface area contributed by atoms with Gasteiger partial charge >= 0.3 is 6.18 Å². The Balaban J connectivity index is 1.92. The van der Waals surface area contributed by atoms with Gasteiger partial charge in [0, 0.05) is 19.1 Å². The van der Waals surface area contributed by atoms with Crippen LogP contribution in [-0.2, 0) is 4.79 Å². The Morgan fingerprint density at radius 1 is 1.09 bits per heavy atom. The first-order chi connectivity index (χ1) is 10.7. The maximum atomic E-state index is 12.7. The lowest BCUT2D eigenvalue weighted by atomic mass is 9.90. The van der Waals surface area contributed by atoms with Crippen LogP contribution in [-0.4, -0.2) is 64.8 Å². The van der Waals surface area contributed by atoms with Crippen molar-refractivity contribution in [2.24, 2.45) is 5.92 Å². The molecule has 0 aromatic carbocycles. The summed E-state index contributed by atoms with van der Waals surface area (Å²) in [7, 11) is 0. The van der Waals surface area contributed by atoms with Gasteiger partial charge in [-0.25, -0.2) is 0 Å². The van der Waals surface area contributed by atoms with E-state index in [0.29, 0.717) is 13.1 Å². The molecule has 2 aliphatic heterocycles. The second kappa shape index (κ2) is 7.38. The number of halogens is 3. The number of alkyl halides is 3. The van der Waals surface area contributed by atoms with Gasteiger partial charge in [-0.3, -0.25) is 9.69 Å². The van der Waals surface area contributed by atoms with Crippen LogP contribution in [0.3, 0.4) is 0 Å². The van der Waals surface area contributed by atoms with Crippen LogP contribution >= 0.6 is 0 Å². The van der Waals surface area contributed by atoms with Gasteiger partial charge in [-0.1, -0.05) is 6.42 Å². The number of hydrogen-bond acceptors (Lipinski definition) is 3. The van der Waals surface area contributed by atoms with E-state index in [1.165, 1.54) is 0 Å². The van der Waals surface area contributed by atoms with Crippen molar-refractivity contribution >= 4 is 5.91 Å². The summed E-state index contributed by atoms with van der Waals surface area (Å²) >= 11 is 0. The van der Waals surface area contributed by atoms with Crippen LogP contribution in [0.1, 0.15) is 46.0 Å². The summed E-state index contributed by atoms with van der Waals surface area (Å²) in [6.07, 6.45) is -3.51. The number of aliphatic hydroxyl groups is 1. The second-order valence-electron chi connectivity index (χ2n) is 6.99. The minimum Gasteiger partial charge on any atom is -0.383 e. The van der Waals surface area contributed by atoms with Crippen molar-refractivity contribution in [2.75, 3.05) is 19.6 Å². The predicted molar refractivity (Wildman–Crippen MR) is 80.8 cm³/mol. The number of likely N-dealkylation sites (tertiary alicyclic amines) is 2. The van der Waals surface area contributed by atoms with Gasteiger partial charge in [0.1, 0.15) is 0 Å². The number of aliphatic hydroxyl groups excluding tert-OH is 1. The molecule has 0 saturated carbocycles. The summed E-state index contributed by atoms with van der Waals surface area (Å²) in [5, 5.41) is 9.36. The number of amides is 1. The zero-order chi connectivity index (χ0) is 17.2. The maximum Gasteiger partial charge on any atom is 0.414 e. The summed E-state index contributed by atoms with van der Waals surface area (Å²) < 4.78 is 37.7. The monoisotopic (exact) mass is 336 g/mol. The highest BCUT2D eigenvalue weighted by atomic mass is 19.4. The largest absolute Gasteiger partial charge is 0.414 e. The lowest BCUT2D eigenvalue weighted by Crippen LogP contribution is -2.55. The van der Waals surface area contributed by atoms with Crippen molar-refractivity contribution in [3.05, 3.63) is 0 Å². The van der Waals surface area contributed by atoms with Gasteiger partial charge in [-0.2, -0.15) is 13.2 Å². The Morgan fingerprint density at radius 3 is 2.22 bits per heavy atom. The number of hydrogen-bond donors (Lipinski definition) is 1. The van der Waals surface area contributed by atoms with Crippen LogP contribution in [0, 0.1) is 5.92 Å². The first-order valence-corrected chi connectivity index (χ1v) is 8.51. The second-order valence-corrected chi connectivity index (χ2v) is 6.99. The molecular formula is C16H27F3N2O2. The van der Waals surface area contributed by atoms with Gasteiger partial charge in [-0.05, 0) is 52.0 Å². The zero-order valence-corrected chi connectivity index (χ0v) is 13.9. The summed E-state index contributed by atoms with van der Waals surface area (Å²) in [5.41, 5.74) is 0. The van der Waals surface area contributed by atoms with Crippen LogP contribution in [0.2, 0.25) is 0 Å².